The van der Waals surface area contributed by atoms with Crippen molar-refractivity contribution in [1.29, 1.82) is 5.41 Å². The second-order valence-electron chi connectivity index (χ2n) is 3.11. The third-order valence-corrected chi connectivity index (χ3v) is 1.97. The van der Waals surface area contributed by atoms with Crippen molar-refractivity contribution >= 4 is 23.2 Å². The van der Waals surface area contributed by atoms with Crippen molar-refractivity contribution in [3.8, 4) is 0 Å². The zero-order valence-electron chi connectivity index (χ0n) is 7.88. The molecule has 0 spiro atoms. The van der Waals surface area contributed by atoms with Gasteiger partial charge in [-0.15, -0.1) is 0 Å². The van der Waals surface area contributed by atoms with Gasteiger partial charge in [-0.3, -0.25) is 14.4 Å². The molecule has 1 aliphatic carbocycles. The fraction of sp³-hybridized carbons (Fsp3) is 0.333. The first-order valence-electron chi connectivity index (χ1n) is 4.09. The first-order valence-corrected chi connectivity index (χ1v) is 4.09. The Balaban J connectivity index is 3.01. The summed E-state index contributed by atoms with van der Waals surface area (Å²) in [5, 5.41) is 9.76. The molecule has 1 amide bonds. The Hall–Kier alpha value is -1.78. The highest BCUT2D eigenvalue weighted by atomic mass is 16.2. The summed E-state index contributed by atoms with van der Waals surface area (Å²) in [6, 6.07) is 0. The van der Waals surface area contributed by atoms with E-state index in [0.717, 1.165) is 6.08 Å². The number of Topliss-reactive ketones (excluding diaryl/α,β-unsaturated/α-hetero) is 1. The fourth-order valence-corrected chi connectivity index (χ4v) is 1.16. The lowest BCUT2D eigenvalue weighted by Crippen LogP contribution is -2.38. The van der Waals surface area contributed by atoms with E-state index in [1.165, 1.54) is 6.92 Å². The van der Waals surface area contributed by atoms with Gasteiger partial charge in [0.05, 0.1) is 5.71 Å². The predicted octanol–water partition coefficient (Wildman–Crippen LogP) is -0.186. The standard InChI is InChI=1S/C9H10N2O3/c1-4-6(11-5(2)12)3-7(13)9(14)8(4)10/h3-4,10H,1-2H3,(H,11,12). The maximum Gasteiger partial charge on any atom is 0.247 e. The van der Waals surface area contributed by atoms with Crippen molar-refractivity contribution in [2.75, 3.05) is 0 Å². The molecule has 1 rings (SSSR count). The van der Waals surface area contributed by atoms with Crippen LogP contribution in [-0.2, 0) is 14.4 Å². The number of amides is 1. The van der Waals surface area contributed by atoms with Gasteiger partial charge in [0.2, 0.25) is 17.5 Å². The van der Waals surface area contributed by atoms with Crippen LogP contribution in [0.1, 0.15) is 13.8 Å². The van der Waals surface area contributed by atoms with Crippen molar-refractivity contribution in [3.05, 3.63) is 11.8 Å². The van der Waals surface area contributed by atoms with Crippen LogP contribution in [0.2, 0.25) is 0 Å². The van der Waals surface area contributed by atoms with Gasteiger partial charge in [-0.05, 0) is 0 Å². The Kier molecular flexibility index (Phi) is 2.60. The first-order chi connectivity index (χ1) is 6.43. The van der Waals surface area contributed by atoms with Crippen molar-refractivity contribution in [2.24, 2.45) is 5.92 Å². The van der Waals surface area contributed by atoms with Gasteiger partial charge in [0.15, 0.2) is 0 Å². The lowest BCUT2D eigenvalue weighted by Gasteiger charge is -2.19. The highest BCUT2D eigenvalue weighted by Gasteiger charge is 2.30. The molecule has 0 saturated heterocycles. The Morgan fingerprint density at radius 1 is 1.50 bits per heavy atom. The van der Waals surface area contributed by atoms with Crippen molar-refractivity contribution in [2.45, 2.75) is 13.8 Å². The number of nitrogens with one attached hydrogen (secondary N) is 2. The molecular formula is C9H10N2O3. The molecule has 0 saturated carbocycles. The van der Waals surface area contributed by atoms with E-state index in [1.54, 1.807) is 6.92 Å². The topological polar surface area (TPSA) is 87.1 Å². The molecule has 14 heavy (non-hydrogen) atoms. The molecule has 0 aromatic rings. The first kappa shape index (κ1) is 10.3. The number of carbonyl (C=O) groups is 3. The van der Waals surface area contributed by atoms with Crippen molar-refractivity contribution in [3.63, 3.8) is 0 Å². The molecule has 0 bridgehead atoms. The molecule has 0 aromatic heterocycles. The molecule has 5 nitrogen and oxygen atoms in total. The monoisotopic (exact) mass is 194 g/mol. The summed E-state index contributed by atoms with van der Waals surface area (Å²) in [6.45, 7) is 2.90. The van der Waals surface area contributed by atoms with E-state index in [-0.39, 0.29) is 11.6 Å². The smallest absolute Gasteiger partial charge is 0.247 e. The van der Waals surface area contributed by atoms with Gasteiger partial charge < -0.3 is 10.7 Å². The minimum absolute atomic E-state index is 0.277. The normalized spacial score (nSPS) is 22.0. The highest BCUT2D eigenvalue weighted by molar-refractivity contribution is 6.68. The van der Waals surface area contributed by atoms with Gasteiger partial charge in [0.1, 0.15) is 0 Å². The number of ketones is 2. The minimum atomic E-state index is -0.799. The molecule has 0 radical (unpaired) electrons. The Bertz CT molecular complexity index is 368. The molecule has 1 aliphatic rings. The Morgan fingerprint density at radius 2 is 2.07 bits per heavy atom. The molecular weight excluding hydrogens is 184 g/mol. The molecule has 1 unspecified atom stereocenters. The van der Waals surface area contributed by atoms with E-state index in [0.29, 0.717) is 5.70 Å². The van der Waals surface area contributed by atoms with E-state index in [1.807, 2.05) is 0 Å². The molecule has 0 aromatic carbocycles. The zero-order chi connectivity index (χ0) is 10.9. The van der Waals surface area contributed by atoms with Crippen molar-refractivity contribution in [1.82, 2.24) is 5.32 Å². The average Bonchev–Trinajstić information content (AvgIpc) is 2.10. The third kappa shape index (κ3) is 1.76. The van der Waals surface area contributed by atoms with E-state index in [2.05, 4.69) is 5.32 Å². The van der Waals surface area contributed by atoms with Crippen LogP contribution in [0.25, 0.3) is 0 Å². The minimum Gasteiger partial charge on any atom is -0.329 e. The molecule has 0 fully saturated rings. The van der Waals surface area contributed by atoms with Crippen LogP contribution in [0, 0.1) is 11.3 Å². The van der Waals surface area contributed by atoms with Gasteiger partial charge in [-0.1, -0.05) is 6.92 Å². The van der Waals surface area contributed by atoms with E-state index in [9.17, 15) is 14.4 Å². The maximum atomic E-state index is 11.0. The van der Waals surface area contributed by atoms with Gasteiger partial charge >= 0.3 is 0 Å². The second-order valence-corrected chi connectivity index (χ2v) is 3.11. The van der Waals surface area contributed by atoms with E-state index in [4.69, 9.17) is 5.41 Å². The largest absolute Gasteiger partial charge is 0.329 e. The van der Waals surface area contributed by atoms with Gasteiger partial charge in [-0.25, -0.2) is 0 Å². The quantitative estimate of drug-likeness (QED) is 0.567. The van der Waals surface area contributed by atoms with E-state index >= 15 is 0 Å². The molecule has 5 heteroatoms. The van der Waals surface area contributed by atoms with Crippen molar-refractivity contribution < 1.29 is 14.4 Å². The summed E-state index contributed by atoms with van der Waals surface area (Å²) in [7, 11) is 0. The molecule has 2 N–H and O–H groups in total. The predicted molar refractivity (Wildman–Crippen MR) is 48.8 cm³/mol. The average molecular weight is 194 g/mol. The molecule has 1 atom stereocenters. The van der Waals surface area contributed by atoms with Crippen LogP contribution in [-0.4, -0.2) is 23.2 Å². The highest BCUT2D eigenvalue weighted by Crippen LogP contribution is 2.15. The van der Waals surface area contributed by atoms with Crippen LogP contribution >= 0.6 is 0 Å². The number of hydrogen-bond acceptors (Lipinski definition) is 4. The maximum absolute atomic E-state index is 11.0. The Labute approximate surface area is 80.7 Å². The number of rotatable bonds is 1. The second kappa shape index (κ2) is 3.53. The van der Waals surface area contributed by atoms with Crippen LogP contribution in [0.5, 0.6) is 0 Å². The fourth-order valence-electron chi connectivity index (χ4n) is 1.16. The van der Waals surface area contributed by atoms with Crippen LogP contribution in [0.15, 0.2) is 11.8 Å². The molecule has 0 heterocycles. The zero-order valence-corrected chi connectivity index (χ0v) is 7.88. The number of carbonyl (C=O) groups excluding carboxylic acids is 3. The summed E-state index contributed by atoms with van der Waals surface area (Å²) < 4.78 is 0. The summed E-state index contributed by atoms with van der Waals surface area (Å²) in [5.74, 6) is -2.40. The lowest BCUT2D eigenvalue weighted by atomic mass is 9.90. The summed E-state index contributed by atoms with van der Waals surface area (Å²) >= 11 is 0. The summed E-state index contributed by atoms with van der Waals surface area (Å²) in [5.41, 5.74) is 0.0355. The third-order valence-electron chi connectivity index (χ3n) is 1.97. The van der Waals surface area contributed by atoms with Gasteiger partial charge in [0.25, 0.3) is 0 Å². The summed E-state index contributed by atoms with van der Waals surface area (Å²) in [4.78, 5) is 32.8. The van der Waals surface area contributed by atoms with Crippen LogP contribution in [0.4, 0.5) is 0 Å². The summed E-state index contributed by atoms with van der Waals surface area (Å²) in [6.07, 6.45) is 1.08. The van der Waals surface area contributed by atoms with Gasteiger partial charge in [0, 0.05) is 24.6 Å². The van der Waals surface area contributed by atoms with E-state index < -0.39 is 17.5 Å². The lowest BCUT2D eigenvalue weighted by molar-refractivity contribution is -0.130. The number of hydrogen-bond donors (Lipinski definition) is 2. The van der Waals surface area contributed by atoms with Crippen LogP contribution in [0.3, 0.4) is 0 Å². The molecule has 74 valence electrons. The molecule has 0 aliphatic heterocycles. The number of allylic oxidation sites excluding steroid dienone is 2. The van der Waals surface area contributed by atoms with Gasteiger partial charge in [-0.2, -0.15) is 0 Å². The Morgan fingerprint density at radius 3 is 2.57 bits per heavy atom. The van der Waals surface area contributed by atoms with Crippen LogP contribution < -0.4 is 5.32 Å². The SMILES string of the molecule is CC(=O)NC1=CC(=O)C(=O)C(=N)C1C.